The van der Waals surface area contributed by atoms with E-state index in [9.17, 15) is 9.59 Å². The maximum Gasteiger partial charge on any atom is 0.242 e. The van der Waals surface area contributed by atoms with E-state index in [1.54, 1.807) is 0 Å². The van der Waals surface area contributed by atoms with Crippen LogP contribution in [0.15, 0.2) is 73.1 Å². The Labute approximate surface area is 268 Å². The molecule has 2 aromatic heterocycles. The second-order valence-electron chi connectivity index (χ2n) is 13.4. The van der Waals surface area contributed by atoms with E-state index in [4.69, 9.17) is 9.97 Å². The predicted molar refractivity (Wildman–Crippen MR) is 179 cm³/mol. The molecule has 46 heavy (non-hydrogen) atoms. The molecule has 3 atom stereocenters. The van der Waals surface area contributed by atoms with Crippen LogP contribution in [0, 0.1) is 11.3 Å². The summed E-state index contributed by atoms with van der Waals surface area (Å²) in [6.07, 6.45) is 9.00. The summed E-state index contributed by atoms with van der Waals surface area (Å²) in [6.45, 7) is 4.15. The summed E-state index contributed by atoms with van der Waals surface area (Å²) in [4.78, 5) is 44.2. The molecule has 5 aromatic rings. The van der Waals surface area contributed by atoms with Gasteiger partial charge in [-0.2, -0.15) is 0 Å². The molecule has 2 amide bonds. The molecule has 0 radical (unpaired) electrons. The average molecular weight is 614 g/mol. The van der Waals surface area contributed by atoms with Gasteiger partial charge in [0.25, 0.3) is 0 Å². The monoisotopic (exact) mass is 613 g/mol. The van der Waals surface area contributed by atoms with Gasteiger partial charge in [-0.1, -0.05) is 61.9 Å². The molecule has 1 aliphatic carbocycles. The first kappa shape index (κ1) is 28.7. The third-order valence-electron chi connectivity index (χ3n) is 10.6. The van der Waals surface area contributed by atoms with Crippen LogP contribution in [-0.2, 0) is 9.59 Å². The Bertz CT molecular complexity index is 1920. The highest BCUT2D eigenvalue weighted by Crippen LogP contribution is 2.64. The van der Waals surface area contributed by atoms with E-state index in [2.05, 4.69) is 94.8 Å². The second-order valence-corrected chi connectivity index (χ2v) is 13.4. The third kappa shape index (κ3) is 4.90. The Balaban J connectivity index is 0.986. The van der Waals surface area contributed by atoms with Gasteiger partial charge in [0.1, 0.15) is 11.6 Å². The molecule has 1 saturated carbocycles. The van der Waals surface area contributed by atoms with Crippen LogP contribution >= 0.6 is 0 Å². The minimum absolute atomic E-state index is 0.0173. The molecule has 3 fully saturated rings. The van der Waals surface area contributed by atoms with E-state index < -0.39 is 0 Å². The summed E-state index contributed by atoms with van der Waals surface area (Å²) in [5.41, 5.74) is 6.67. The van der Waals surface area contributed by atoms with Crippen molar-refractivity contribution in [3.05, 3.63) is 84.7 Å². The van der Waals surface area contributed by atoms with Crippen molar-refractivity contribution < 1.29 is 9.59 Å². The number of nitrogens with zero attached hydrogens (tertiary/aromatic N) is 4. The van der Waals surface area contributed by atoms with Gasteiger partial charge in [0.05, 0.1) is 42.4 Å². The predicted octanol–water partition coefficient (Wildman–Crippen LogP) is 6.10. The molecule has 8 rings (SSSR count). The molecule has 3 aromatic carbocycles. The van der Waals surface area contributed by atoms with Crippen molar-refractivity contribution in [1.29, 1.82) is 0 Å². The third-order valence-corrected chi connectivity index (χ3v) is 10.6. The number of imidazole rings is 2. The number of nitrogens with one attached hydrogen (secondary N) is 3. The standard InChI is InChI=1S/C37H39N7O2/c1-3-23-12-15-43(2)33(23)35-39-18-30(41-35)25-6-4-24(5-7-25)26-8-9-28-17-29(11-10-27(28)16-26)31-19-40-36(42-31)34-37(13-14-37)21-44(34)32(46)20-38-22-45/h4-11,16-19,22-23,33-34H,3,12-15,20-21H2,1-2H3,(H,38,45)(H,39,41)(H,40,42)/t23-,33+,34?/m1/s1. The zero-order chi connectivity index (χ0) is 31.4. The zero-order valence-corrected chi connectivity index (χ0v) is 26.3. The van der Waals surface area contributed by atoms with Gasteiger partial charge in [-0.25, -0.2) is 9.97 Å². The lowest BCUT2D eigenvalue weighted by Gasteiger charge is -2.48. The number of hydrogen-bond acceptors (Lipinski definition) is 5. The van der Waals surface area contributed by atoms with E-state index in [1.807, 2.05) is 17.3 Å². The minimum atomic E-state index is -0.0726. The first-order valence-electron chi connectivity index (χ1n) is 16.4. The van der Waals surface area contributed by atoms with Gasteiger partial charge in [-0.3, -0.25) is 14.5 Å². The van der Waals surface area contributed by atoms with E-state index >= 15 is 0 Å². The molecule has 9 heteroatoms. The molecule has 1 unspecified atom stereocenters. The van der Waals surface area contributed by atoms with Crippen LogP contribution < -0.4 is 5.32 Å². The molecular weight excluding hydrogens is 574 g/mol. The highest BCUT2D eigenvalue weighted by Gasteiger charge is 2.63. The number of carbonyl (C=O) groups is 2. The van der Waals surface area contributed by atoms with Gasteiger partial charge >= 0.3 is 0 Å². The van der Waals surface area contributed by atoms with Crippen molar-refractivity contribution >= 4 is 23.1 Å². The number of rotatable bonds is 9. The molecule has 3 aliphatic rings. The van der Waals surface area contributed by atoms with Crippen LogP contribution in [0.25, 0.3) is 44.4 Å². The normalized spacial score (nSPS) is 21.9. The molecule has 4 heterocycles. The molecule has 234 valence electrons. The number of aromatic amines is 2. The van der Waals surface area contributed by atoms with Crippen molar-refractivity contribution in [2.24, 2.45) is 11.3 Å². The van der Waals surface area contributed by atoms with E-state index in [-0.39, 0.29) is 23.9 Å². The van der Waals surface area contributed by atoms with Crippen LogP contribution in [0.3, 0.4) is 0 Å². The number of hydrogen-bond donors (Lipinski definition) is 3. The summed E-state index contributed by atoms with van der Waals surface area (Å²) < 4.78 is 0. The van der Waals surface area contributed by atoms with Gasteiger partial charge in [-0.15, -0.1) is 0 Å². The highest BCUT2D eigenvalue weighted by atomic mass is 16.2. The van der Waals surface area contributed by atoms with Crippen LogP contribution in [0.4, 0.5) is 0 Å². The summed E-state index contributed by atoms with van der Waals surface area (Å²) >= 11 is 0. The lowest BCUT2D eigenvalue weighted by atomic mass is 9.84. The van der Waals surface area contributed by atoms with E-state index in [0.717, 1.165) is 65.5 Å². The Morgan fingerprint density at radius 2 is 1.54 bits per heavy atom. The van der Waals surface area contributed by atoms with Crippen LogP contribution in [0.1, 0.15) is 56.3 Å². The fourth-order valence-corrected chi connectivity index (χ4v) is 7.80. The van der Waals surface area contributed by atoms with Crippen molar-refractivity contribution in [3.8, 4) is 33.6 Å². The fourth-order valence-electron chi connectivity index (χ4n) is 7.80. The van der Waals surface area contributed by atoms with Gasteiger partial charge in [0.2, 0.25) is 12.3 Å². The number of H-pyrrole nitrogens is 2. The van der Waals surface area contributed by atoms with Gasteiger partial charge < -0.3 is 20.2 Å². The molecule has 1 spiro atoms. The maximum atomic E-state index is 12.7. The average Bonchev–Trinajstić information content (AvgIpc) is 3.35. The largest absolute Gasteiger partial charge is 0.350 e. The fraction of sp³-hybridized carbons (Fsp3) is 0.351. The summed E-state index contributed by atoms with van der Waals surface area (Å²) in [6, 6.07) is 22.1. The van der Waals surface area contributed by atoms with Crippen LogP contribution in [0.5, 0.6) is 0 Å². The van der Waals surface area contributed by atoms with E-state index in [0.29, 0.717) is 18.4 Å². The number of carbonyl (C=O) groups excluding carboxylic acids is 2. The quantitative estimate of drug-likeness (QED) is 0.174. The summed E-state index contributed by atoms with van der Waals surface area (Å²) in [5.74, 6) is 2.47. The minimum Gasteiger partial charge on any atom is -0.350 e. The van der Waals surface area contributed by atoms with Gasteiger partial charge in [0.15, 0.2) is 0 Å². The number of fused-ring (bicyclic) bond motifs is 1. The maximum absolute atomic E-state index is 12.7. The van der Waals surface area contributed by atoms with Gasteiger partial charge in [0, 0.05) is 17.5 Å². The molecular formula is C37H39N7O2. The second kappa shape index (κ2) is 11.2. The van der Waals surface area contributed by atoms with E-state index in [1.165, 1.54) is 29.4 Å². The number of amides is 2. The van der Waals surface area contributed by atoms with Crippen LogP contribution in [0.2, 0.25) is 0 Å². The number of likely N-dealkylation sites (tertiary alicyclic amines) is 2. The Morgan fingerprint density at radius 1 is 0.913 bits per heavy atom. The smallest absolute Gasteiger partial charge is 0.242 e. The Hall–Kier alpha value is -4.76. The molecule has 2 saturated heterocycles. The van der Waals surface area contributed by atoms with Gasteiger partial charge in [-0.05, 0) is 78.4 Å². The van der Waals surface area contributed by atoms with Crippen LogP contribution in [-0.4, -0.2) is 68.7 Å². The SMILES string of the molecule is CC[C@@H]1CCN(C)[C@@H]1c1ncc(-c2ccc(-c3ccc4cc(-c5cnc(C6N(C(=O)CNC=O)CC67CC7)[nH]5)ccc4c3)cc2)[nH]1. The van der Waals surface area contributed by atoms with Crippen molar-refractivity contribution in [3.63, 3.8) is 0 Å². The van der Waals surface area contributed by atoms with Crippen molar-refractivity contribution in [2.75, 3.05) is 26.7 Å². The topological polar surface area (TPSA) is 110 Å². The Kier molecular flexibility index (Phi) is 7.01. The molecule has 2 aliphatic heterocycles. The first-order chi connectivity index (χ1) is 22.5. The highest BCUT2D eigenvalue weighted by molar-refractivity contribution is 5.90. The molecule has 9 nitrogen and oxygen atoms in total. The van der Waals surface area contributed by atoms with Crippen molar-refractivity contribution in [2.45, 2.75) is 44.7 Å². The Morgan fingerprint density at radius 3 is 2.26 bits per heavy atom. The summed E-state index contributed by atoms with van der Waals surface area (Å²) in [7, 11) is 2.20. The summed E-state index contributed by atoms with van der Waals surface area (Å²) in [5, 5.41) is 4.82. The zero-order valence-electron chi connectivity index (χ0n) is 26.3. The molecule has 0 bridgehead atoms. The lowest BCUT2D eigenvalue weighted by Crippen LogP contribution is -2.56. The molecule has 3 N–H and O–H groups in total. The van der Waals surface area contributed by atoms with Crippen molar-refractivity contribution in [1.82, 2.24) is 35.1 Å². The first-order valence-corrected chi connectivity index (χ1v) is 16.4. The lowest BCUT2D eigenvalue weighted by molar-refractivity contribution is -0.146. The number of aromatic nitrogens is 4. The number of benzene rings is 3.